The average Bonchev–Trinajstić information content (AvgIpc) is 3.26. The second-order valence-corrected chi connectivity index (χ2v) is 10.4. The van der Waals surface area contributed by atoms with Crippen molar-refractivity contribution in [2.24, 2.45) is 4.99 Å². The predicted octanol–water partition coefficient (Wildman–Crippen LogP) is 3.92. The molecule has 0 radical (unpaired) electrons. The summed E-state index contributed by atoms with van der Waals surface area (Å²) < 4.78 is 29.3. The maximum atomic E-state index is 13.9. The molecule has 1 aliphatic rings. The van der Waals surface area contributed by atoms with E-state index in [1.807, 2.05) is 18.2 Å². The summed E-state index contributed by atoms with van der Waals surface area (Å²) in [7, 11) is 3.01. The lowest BCUT2D eigenvalue weighted by atomic mass is 9.95. The van der Waals surface area contributed by atoms with Crippen molar-refractivity contribution in [1.82, 2.24) is 4.57 Å². The van der Waals surface area contributed by atoms with Crippen molar-refractivity contribution in [2.45, 2.75) is 46.6 Å². The molecule has 0 saturated carbocycles. The maximum Gasteiger partial charge on any atom is 0.338 e. The monoisotopic (exact) mass is 594 g/mol. The van der Waals surface area contributed by atoms with Gasteiger partial charge in [0, 0.05) is 6.92 Å². The third-order valence-corrected chi connectivity index (χ3v) is 7.50. The molecular formula is C31H34N2O8S. The number of rotatable bonds is 11. The Morgan fingerprint density at radius 3 is 2.40 bits per heavy atom. The lowest BCUT2D eigenvalue weighted by Gasteiger charge is -2.25. The molecule has 0 fully saturated rings. The molecule has 3 aromatic rings. The van der Waals surface area contributed by atoms with Gasteiger partial charge in [0.15, 0.2) is 27.8 Å². The Labute approximate surface area is 247 Å². The van der Waals surface area contributed by atoms with Gasteiger partial charge in [-0.2, -0.15) is 0 Å². The largest absolute Gasteiger partial charge is 0.493 e. The van der Waals surface area contributed by atoms with E-state index in [0.29, 0.717) is 38.7 Å². The van der Waals surface area contributed by atoms with Gasteiger partial charge in [0.1, 0.15) is 0 Å². The van der Waals surface area contributed by atoms with Crippen molar-refractivity contribution < 1.29 is 33.3 Å². The minimum Gasteiger partial charge on any atom is -0.493 e. The summed E-state index contributed by atoms with van der Waals surface area (Å²) in [5.74, 6) is 0.599. The molecule has 1 aliphatic heterocycles. The van der Waals surface area contributed by atoms with Gasteiger partial charge < -0.3 is 23.7 Å². The SMILES string of the molecule is CCCCOc1ccc(C=c2sc3n(c2=O)C(c2ccc(OC(C)=O)c(OC)c2)C(C(=O)OCC)=C(C)N=3)cc1OC. The summed E-state index contributed by atoms with van der Waals surface area (Å²) in [6.45, 7) is 7.54. The van der Waals surface area contributed by atoms with Crippen LogP contribution in [-0.2, 0) is 14.3 Å². The van der Waals surface area contributed by atoms with Crippen LogP contribution in [0.3, 0.4) is 0 Å². The first kappa shape index (κ1) is 30.6. The van der Waals surface area contributed by atoms with Crippen LogP contribution in [-0.4, -0.2) is 43.9 Å². The molecule has 1 aromatic heterocycles. The fraction of sp³-hybridized carbons (Fsp3) is 0.355. The van der Waals surface area contributed by atoms with Crippen molar-refractivity contribution >= 4 is 29.4 Å². The molecule has 2 heterocycles. The zero-order valence-corrected chi connectivity index (χ0v) is 25.3. The maximum absolute atomic E-state index is 13.9. The highest BCUT2D eigenvalue weighted by atomic mass is 32.1. The van der Waals surface area contributed by atoms with Crippen molar-refractivity contribution in [3.05, 3.63) is 78.5 Å². The van der Waals surface area contributed by atoms with E-state index in [2.05, 4.69) is 11.9 Å². The summed E-state index contributed by atoms with van der Waals surface area (Å²) >= 11 is 1.21. The topological polar surface area (TPSA) is 115 Å². The van der Waals surface area contributed by atoms with Gasteiger partial charge in [0.2, 0.25) is 0 Å². The Morgan fingerprint density at radius 1 is 1.02 bits per heavy atom. The molecule has 42 heavy (non-hydrogen) atoms. The molecule has 10 nitrogen and oxygen atoms in total. The molecule has 2 aromatic carbocycles. The quantitative estimate of drug-likeness (QED) is 0.187. The van der Waals surface area contributed by atoms with Gasteiger partial charge in [-0.25, -0.2) is 9.79 Å². The third kappa shape index (κ3) is 6.41. The molecule has 0 aliphatic carbocycles. The molecule has 222 valence electrons. The van der Waals surface area contributed by atoms with Crippen molar-refractivity contribution in [3.63, 3.8) is 0 Å². The first-order valence-electron chi connectivity index (χ1n) is 13.6. The van der Waals surface area contributed by atoms with Crippen LogP contribution in [0.25, 0.3) is 6.08 Å². The Kier molecular flexibility index (Phi) is 9.84. The van der Waals surface area contributed by atoms with Crippen molar-refractivity contribution in [3.8, 4) is 23.0 Å². The third-order valence-electron chi connectivity index (χ3n) is 6.52. The van der Waals surface area contributed by atoms with Gasteiger partial charge in [0.25, 0.3) is 5.56 Å². The second kappa shape index (κ2) is 13.5. The molecule has 0 spiro atoms. The highest BCUT2D eigenvalue weighted by Gasteiger charge is 2.34. The number of allylic oxidation sites excluding steroid dienone is 1. The second-order valence-electron chi connectivity index (χ2n) is 9.42. The Balaban J connectivity index is 1.86. The summed E-state index contributed by atoms with van der Waals surface area (Å²) in [4.78, 5) is 43.8. The van der Waals surface area contributed by atoms with E-state index in [1.54, 1.807) is 45.2 Å². The van der Waals surface area contributed by atoms with Gasteiger partial charge in [-0.15, -0.1) is 0 Å². The van der Waals surface area contributed by atoms with E-state index < -0.39 is 18.0 Å². The van der Waals surface area contributed by atoms with Crippen LogP contribution in [0.4, 0.5) is 0 Å². The zero-order valence-electron chi connectivity index (χ0n) is 24.5. The molecule has 1 unspecified atom stereocenters. The van der Waals surface area contributed by atoms with Crippen LogP contribution in [0.15, 0.2) is 57.5 Å². The number of ether oxygens (including phenoxy) is 5. The van der Waals surface area contributed by atoms with E-state index >= 15 is 0 Å². The lowest BCUT2D eigenvalue weighted by Crippen LogP contribution is -2.40. The number of unbranched alkanes of at least 4 members (excludes halogenated alkanes) is 1. The molecule has 1 atom stereocenters. The number of fused-ring (bicyclic) bond motifs is 1. The van der Waals surface area contributed by atoms with E-state index in [9.17, 15) is 14.4 Å². The van der Waals surface area contributed by atoms with Crippen molar-refractivity contribution in [2.75, 3.05) is 27.4 Å². The van der Waals surface area contributed by atoms with Gasteiger partial charge in [-0.1, -0.05) is 36.8 Å². The first-order valence-corrected chi connectivity index (χ1v) is 14.4. The van der Waals surface area contributed by atoms with Crippen LogP contribution in [0.5, 0.6) is 23.0 Å². The van der Waals surface area contributed by atoms with Crippen LogP contribution in [0.1, 0.15) is 57.7 Å². The number of esters is 2. The van der Waals surface area contributed by atoms with E-state index in [4.69, 9.17) is 23.7 Å². The van der Waals surface area contributed by atoms with Crippen LogP contribution in [0.2, 0.25) is 0 Å². The van der Waals surface area contributed by atoms with E-state index in [0.717, 1.165) is 18.4 Å². The number of nitrogens with zero attached hydrogens (tertiary/aromatic N) is 2. The summed E-state index contributed by atoms with van der Waals surface area (Å²) in [5.41, 5.74) is 1.63. The fourth-order valence-corrected chi connectivity index (χ4v) is 5.62. The van der Waals surface area contributed by atoms with Crippen LogP contribution in [0, 0.1) is 0 Å². The molecule has 0 N–H and O–H groups in total. The predicted molar refractivity (Wildman–Crippen MR) is 158 cm³/mol. The number of benzene rings is 2. The highest BCUT2D eigenvalue weighted by Crippen LogP contribution is 2.36. The minimum atomic E-state index is -0.855. The molecule has 0 saturated heterocycles. The Bertz CT molecular complexity index is 1700. The Hall–Kier alpha value is -4.38. The Morgan fingerprint density at radius 2 is 1.74 bits per heavy atom. The molecule has 4 rings (SSSR count). The molecule has 11 heteroatoms. The standard InChI is InChI=1S/C31H34N2O8S/c1-7-9-14-40-22-12-10-20(15-24(22)37-5)16-26-29(35)33-28(21-11-13-23(41-19(4)34)25(17-21)38-6)27(30(36)39-8-2)18(3)32-31(33)42-26/h10-13,15-17,28H,7-9,14H2,1-6H3. The highest BCUT2D eigenvalue weighted by molar-refractivity contribution is 7.07. The smallest absolute Gasteiger partial charge is 0.338 e. The summed E-state index contributed by atoms with van der Waals surface area (Å²) in [6.07, 6.45) is 3.70. The van der Waals surface area contributed by atoms with Gasteiger partial charge in [0.05, 0.1) is 49.3 Å². The number of carbonyl (C=O) groups excluding carboxylic acids is 2. The van der Waals surface area contributed by atoms with Crippen LogP contribution >= 0.6 is 11.3 Å². The number of thiazole rings is 1. The van der Waals surface area contributed by atoms with E-state index in [-0.39, 0.29) is 29.2 Å². The molecule has 0 bridgehead atoms. The minimum absolute atomic E-state index is 0.154. The van der Waals surface area contributed by atoms with Gasteiger partial charge in [-0.05, 0) is 61.7 Å². The number of aromatic nitrogens is 1. The van der Waals surface area contributed by atoms with Crippen molar-refractivity contribution in [1.29, 1.82) is 0 Å². The normalized spacial score (nSPS) is 14.6. The number of hydrogen-bond acceptors (Lipinski definition) is 10. The number of hydrogen-bond donors (Lipinski definition) is 0. The molecule has 0 amide bonds. The van der Waals surface area contributed by atoms with Crippen LogP contribution < -0.4 is 33.8 Å². The first-order chi connectivity index (χ1) is 20.2. The summed E-state index contributed by atoms with van der Waals surface area (Å²) in [6, 6.07) is 9.52. The summed E-state index contributed by atoms with van der Waals surface area (Å²) in [5, 5.41) is 0. The number of methoxy groups -OCH3 is 2. The van der Waals surface area contributed by atoms with E-state index in [1.165, 1.54) is 29.9 Å². The lowest BCUT2D eigenvalue weighted by molar-refractivity contribution is -0.139. The van der Waals surface area contributed by atoms with Gasteiger partial charge >= 0.3 is 11.9 Å². The van der Waals surface area contributed by atoms with Gasteiger partial charge in [-0.3, -0.25) is 14.2 Å². The fourth-order valence-electron chi connectivity index (χ4n) is 4.57. The zero-order chi connectivity index (χ0) is 30.4. The molecular weight excluding hydrogens is 560 g/mol. The average molecular weight is 595 g/mol. The number of carbonyl (C=O) groups is 2.